The number of hydrogen-bond donors (Lipinski definition) is 0. The molecule has 132 valence electrons. The quantitative estimate of drug-likeness (QED) is 0.780. The Balaban J connectivity index is 1.86. The van der Waals surface area contributed by atoms with Gasteiger partial charge in [0.25, 0.3) is 5.91 Å². The minimum absolute atomic E-state index is 0.149. The van der Waals surface area contributed by atoms with E-state index in [9.17, 15) is 13.6 Å². The number of carbonyl (C=O) groups is 1. The van der Waals surface area contributed by atoms with E-state index in [0.717, 1.165) is 6.07 Å². The summed E-state index contributed by atoms with van der Waals surface area (Å²) in [5.74, 6) is -1.44. The summed E-state index contributed by atoms with van der Waals surface area (Å²) in [5, 5.41) is 0. The first-order valence-electron chi connectivity index (χ1n) is 7.97. The first kappa shape index (κ1) is 17.3. The van der Waals surface area contributed by atoms with Gasteiger partial charge < -0.3 is 14.4 Å². The lowest BCUT2D eigenvalue weighted by Crippen LogP contribution is -2.36. The van der Waals surface area contributed by atoms with Gasteiger partial charge in [0.2, 0.25) is 5.88 Å². The molecule has 1 aromatic heterocycles. The first-order valence-corrected chi connectivity index (χ1v) is 7.97. The maximum atomic E-state index is 14.3. The van der Waals surface area contributed by atoms with Gasteiger partial charge in [0.15, 0.2) is 0 Å². The number of fused-ring (bicyclic) bond motifs is 1. The molecule has 5 nitrogen and oxygen atoms in total. The van der Waals surface area contributed by atoms with Crippen molar-refractivity contribution >= 4 is 11.6 Å². The van der Waals surface area contributed by atoms with Crippen molar-refractivity contribution in [2.24, 2.45) is 0 Å². The van der Waals surface area contributed by atoms with Crippen LogP contribution < -0.4 is 9.64 Å². The highest BCUT2D eigenvalue weighted by Crippen LogP contribution is 2.32. The number of pyridine rings is 1. The van der Waals surface area contributed by atoms with Gasteiger partial charge in [-0.05, 0) is 30.5 Å². The Morgan fingerprint density at radius 3 is 2.92 bits per heavy atom. The molecule has 0 bridgehead atoms. The molecule has 0 spiro atoms. The average Bonchev–Trinajstić information content (AvgIpc) is 2.61. The summed E-state index contributed by atoms with van der Waals surface area (Å²) < 4.78 is 38.0. The smallest absolute Gasteiger partial charge is 0.258 e. The van der Waals surface area contributed by atoms with Gasteiger partial charge in [-0.1, -0.05) is 0 Å². The molecule has 0 atom stereocenters. The van der Waals surface area contributed by atoms with Gasteiger partial charge in [0, 0.05) is 37.5 Å². The lowest BCUT2D eigenvalue weighted by molar-refractivity contribution is 0.0983. The van der Waals surface area contributed by atoms with Crippen LogP contribution in [0.25, 0.3) is 0 Å². The summed E-state index contributed by atoms with van der Waals surface area (Å²) in [6.45, 7) is 1.08. The van der Waals surface area contributed by atoms with Gasteiger partial charge >= 0.3 is 0 Å². The molecule has 7 heteroatoms. The zero-order valence-corrected chi connectivity index (χ0v) is 13.8. The maximum absolute atomic E-state index is 14.3. The molecule has 0 saturated carbocycles. The van der Waals surface area contributed by atoms with E-state index in [1.807, 2.05) is 0 Å². The molecule has 1 aromatic carbocycles. The number of aryl methyl sites for hydroxylation is 1. The average molecular weight is 348 g/mol. The molecule has 3 rings (SSSR count). The number of halogens is 2. The lowest BCUT2D eigenvalue weighted by atomic mass is 10.00. The largest absolute Gasteiger partial charge is 0.475 e. The Morgan fingerprint density at radius 2 is 2.12 bits per heavy atom. The van der Waals surface area contributed by atoms with E-state index in [0.29, 0.717) is 49.6 Å². The zero-order valence-electron chi connectivity index (χ0n) is 13.8. The maximum Gasteiger partial charge on any atom is 0.258 e. The second kappa shape index (κ2) is 7.57. The number of hydrogen-bond acceptors (Lipinski definition) is 4. The van der Waals surface area contributed by atoms with Gasteiger partial charge in [-0.15, -0.1) is 0 Å². The van der Waals surface area contributed by atoms with Gasteiger partial charge in [-0.25, -0.2) is 13.8 Å². The van der Waals surface area contributed by atoms with Crippen LogP contribution in [-0.2, 0) is 11.2 Å². The number of amides is 1. The molecular weight excluding hydrogens is 330 g/mol. The SMILES string of the molecule is COCCOc1cc(C(=O)N2CCCc3cc(F)cc(F)c32)ccn1. The van der Waals surface area contributed by atoms with Crippen LogP contribution >= 0.6 is 0 Å². The minimum atomic E-state index is -0.728. The van der Waals surface area contributed by atoms with Crippen LogP contribution in [0.4, 0.5) is 14.5 Å². The second-order valence-corrected chi connectivity index (χ2v) is 5.68. The van der Waals surface area contributed by atoms with E-state index in [1.165, 1.54) is 23.2 Å². The standard InChI is InChI=1S/C18H18F2N2O3/c1-24-7-8-25-16-10-13(4-5-21-16)18(23)22-6-2-3-12-9-14(19)11-15(20)17(12)22/h4-5,9-11H,2-3,6-8H2,1H3. The van der Waals surface area contributed by atoms with Crippen LogP contribution in [0.2, 0.25) is 0 Å². The van der Waals surface area contributed by atoms with E-state index >= 15 is 0 Å². The number of benzene rings is 1. The number of nitrogens with zero attached hydrogens (tertiary/aromatic N) is 2. The molecule has 2 heterocycles. The molecule has 0 radical (unpaired) electrons. The van der Waals surface area contributed by atoms with Crippen LogP contribution in [0, 0.1) is 11.6 Å². The predicted molar refractivity (Wildman–Crippen MR) is 88.0 cm³/mol. The highest BCUT2D eigenvalue weighted by atomic mass is 19.1. The number of methoxy groups -OCH3 is 1. The molecule has 0 saturated heterocycles. The summed E-state index contributed by atoms with van der Waals surface area (Å²) in [6, 6.07) is 5.13. The number of anilines is 1. The lowest BCUT2D eigenvalue weighted by Gasteiger charge is -2.30. The summed E-state index contributed by atoms with van der Waals surface area (Å²) in [4.78, 5) is 18.2. The molecule has 1 amide bonds. The van der Waals surface area contributed by atoms with E-state index in [2.05, 4.69) is 4.98 Å². The van der Waals surface area contributed by atoms with Crippen molar-refractivity contribution in [1.82, 2.24) is 4.98 Å². The summed E-state index contributed by atoms with van der Waals surface area (Å²) in [5.41, 5.74) is 0.984. The van der Waals surface area contributed by atoms with Crippen molar-refractivity contribution in [3.8, 4) is 5.88 Å². The topological polar surface area (TPSA) is 51.7 Å². The third kappa shape index (κ3) is 3.76. The van der Waals surface area contributed by atoms with Gasteiger partial charge in [0.1, 0.15) is 18.2 Å². The first-order chi connectivity index (χ1) is 12.1. The minimum Gasteiger partial charge on any atom is -0.475 e. The fraction of sp³-hybridized carbons (Fsp3) is 0.333. The molecule has 0 N–H and O–H groups in total. The van der Waals surface area contributed by atoms with E-state index in [4.69, 9.17) is 9.47 Å². The van der Waals surface area contributed by atoms with Crippen LogP contribution in [0.1, 0.15) is 22.3 Å². The Morgan fingerprint density at radius 1 is 1.28 bits per heavy atom. The summed E-state index contributed by atoms with van der Waals surface area (Å²) >= 11 is 0. The van der Waals surface area contributed by atoms with Crippen LogP contribution in [0.15, 0.2) is 30.5 Å². The van der Waals surface area contributed by atoms with Crippen LogP contribution in [0.3, 0.4) is 0 Å². The highest BCUT2D eigenvalue weighted by molar-refractivity contribution is 6.07. The number of rotatable bonds is 5. The van der Waals surface area contributed by atoms with Crippen LogP contribution in [0.5, 0.6) is 5.88 Å². The summed E-state index contributed by atoms with van der Waals surface area (Å²) in [6.07, 6.45) is 2.64. The third-order valence-electron chi connectivity index (χ3n) is 3.97. The Hall–Kier alpha value is -2.54. The van der Waals surface area contributed by atoms with Crippen molar-refractivity contribution < 1.29 is 23.0 Å². The predicted octanol–water partition coefficient (Wildman–Crippen LogP) is 2.98. The number of aromatic nitrogens is 1. The second-order valence-electron chi connectivity index (χ2n) is 5.68. The van der Waals surface area contributed by atoms with E-state index < -0.39 is 11.6 Å². The van der Waals surface area contributed by atoms with Crippen molar-refractivity contribution in [2.45, 2.75) is 12.8 Å². The van der Waals surface area contributed by atoms with Crippen molar-refractivity contribution in [3.05, 3.63) is 53.2 Å². The monoisotopic (exact) mass is 348 g/mol. The molecule has 1 aliphatic rings. The third-order valence-corrected chi connectivity index (χ3v) is 3.97. The molecule has 0 unspecified atom stereocenters. The molecule has 0 fully saturated rings. The van der Waals surface area contributed by atoms with Gasteiger partial charge in [-0.3, -0.25) is 4.79 Å². The number of carbonyl (C=O) groups excluding carboxylic acids is 1. The van der Waals surface area contributed by atoms with Crippen molar-refractivity contribution in [3.63, 3.8) is 0 Å². The molecule has 0 aliphatic carbocycles. The Bertz CT molecular complexity index is 783. The molecule has 2 aromatic rings. The van der Waals surface area contributed by atoms with Gasteiger partial charge in [-0.2, -0.15) is 0 Å². The molecular formula is C18H18F2N2O3. The molecule has 1 aliphatic heterocycles. The summed E-state index contributed by atoms with van der Waals surface area (Å²) in [7, 11) is 1.56. The molecule has 25 heavy (non-hydrogen) atoms. The Labute approximate surface area is 144 Å². The highest BCUT2D eigenvalue weighted by Gasteiger charge is 2.27. The van der Waals surface area contributed by atoms with Crippen LogP contribution in [-0.4, -0.2) is 37.8 Å². The van der Waals surface area contributed by atoms with Crippen molar-refractivity contribution in [1.29, 1.82) is 0 Å². The van der Waals surface area contributed by atoms with Gasteiger partial charge in [0.05, 0.1) is 12.3 Å². The number of ether oxygens (including phenoxy) is 2. The zero-order chi connectivity index (χ0) is 17.8. The fourth-order valence-corrected chi connectivity index (χ4v) is 2.86. The fourth-order valence-electron chi connectivity index (χ4n) is 2.86. The Kier molecular flexibility index (Phi) is 5.23. The van der Waals surface area contributed by atoms with E-state index in [1.54, 1.807) is 13.2 Å². The van der Waals surface area contributed by atoms with E-state index in [-0.39, 0.29) is 11.6 Å². The van der Waals surface area contributed by atoms with Crippen molar-refractivity contribution in [2.75, 3.05) is 31.8 Å². The normalized spacial score (nSPS) is 13.5.